The van der Waals surface area contributed by atoms with Crippen LogP contribution in [0.3, 0.4) is 0 Å². The van der Waals surface area contributed by atoms with Crippen molar-refractivity contribution in [1.82, 2.24) is 9.55 Å². The summed E-state index contributed by atoms with van der Waals surface area (Å²) in [4.78, 5) is 27.4. The minimum absolute atomic E-state index is 0.156. The summed E-state index contributed by atoms with van der Waals surface area (Å²) < 4.78 is 7.12. The molecule has 26 heavy (non-hydrogen) atoms. The number of ether oxygens (including phenoxy) is 1. The van der Waals surface area contributed by atoms with E-state index in [9.17, 15) is 9.59 Å². The largest absolute Gasteiger partial charge is 0.457 e. The third-order valence-corrected chi connectivity index (χ3v) is 4.94. The van der Waals surface area contributed by atoms with Gasteiger partial charge in [0.05, 0.1) is 0 Å². The van der Waals surface area contributed by atoms with Gasteiger partial charge in [-0.15, -0.1) is 0 Å². The second-order valence-electron chi connectivity index (χ2n) is 6.64. The fourth-order valence-corrected chi connectivity index (χ4v) is 3.20. The summed E-state index contributed by atoms with van der Waals surface area (Å²) in [5.41, 5.74) is 4.82. The number of ketones is 1. The minimum atomic E-state index is -0.330. The maximum Gasteiger partial charge on any atom is 0.306 e. The molecule has 1 N–H and O–H groups in total. The highest BCUT2D eigenvalue weighted by Crippen LogP contribution is 2.19. The SMILES string of the molecule is Cc1cc(C(=O)COC(=O)CCCc2c[nH]c3ccccc23)c(C)n1C. The van der Waals surface area contributed by atoms with E-state index < -0.39 is 0 Å². The Labute approximate surface area is 153 Å². The van der Waals surface area contributed by atoms with E-state index in [1.165, 1.54) is 10.9 Å². The van der Waals surface area contributed by atoms with Crippen LogP contribution in [0.25, 0.3) is 10.9 Å². The Balaban J connectivity index is 1.47. The van der Waals surface area contributed by atoms with E-state index in [2.05, 4.69) is 11.1 Å². The van der Waals surface area contributed by atoms with Gasteiger partial charge in [-0.3, -0.25) is 9.59 Å². The summed E-state index contributed by atoms with van der Waals surface area (Å²) in [6.45, 7) is 3.64. The number of aromatic amines is 1. The quantitative estimate of drug-likeness (QED) is 0.518. The van der Waals surface area contributed by atoms with Crippen LogP contribution in [0.5, 0.6) is 0 Å². The van der Waals surface area contributed by atoms with Crippen molar-refractivity contribution in [2.75, 3.05) is 6.61 Å². The Morgan fingerprint density at radius 2 is 1.96 bits per heavy atom. The van der Waals surface area contributed by atoms with Crippen molar-refractivity contribution in [3.05, 3.63) is 59.0 Å². The zero-order valence-electron chi connectivity index (χ0n) is 15.5. The molecule has 1 aromatic carbocycles. The van der Waals surface area contributed by atoms with E-state index in [-0.39, 0.29) is 18.4 Å². The van der Waals surface area contributed by atoms with Crippen LogP contribution in [0.2, 0.25) is 0 Å². The summed E-state index contributed by atoms with van der Waals surface area (Å²) in [5, 5.41) is 1.19. The number of aryl methyl sites for hydroxylation is 2. The molecule has 0 fully saturated rings. The van der Waals surface area contributed by atoms with E-state index in [0.717, 1.165) is 23.3 Å². The number of fused-ring (bicyclic) bond motifs is 1. The second-order valence-corrected chi connectivity index (χ2v) is 6.64. The number of nitrogens with zero attached hydrogens (tertiary/aromatic N) is 1. The molecule has 0 saturated heterocycles. The van der Waals surface area contributed by atoms with Gasteiger partial charge in [0.2, 0.25) is 5.78 Å². The van der Waals surface area contributed by atoms with Gasteiger partial charge in [0.1, 0.15) is 0 Å². The molecule has 0 aliphatic rings. The highest BCUT2D eigenvalue weighted by Gasteiger charge is 2.16. The molecule has 0 atom stereocenters. The van der Waals surface area contributed by atoms with Crippen LogP contribution in [0.1, 0.15) is 40.2 Å². The molecule has 3 rings (SSSR count). The number of para-hydroxylation sites is 1. The summed E-state index contributed by atoms with van der Waals surface area (Å²) in [6.07, 6.45) is 3.78. The highest BCUT2D eigenvalue weighted by atomic mass is 16.5. The van der Waals surface area contributed by atoms with Crippen molar-refractivity contribution >= 4 is 22.7 Å². The number of H-pyrrole nitrogens is 1. The van der Waals surface area contributed by atoms with Gasteiger partial charge in [-0.1, -0.05) is 18.2 Å². The first kappa shape index (κ1) is 18.0. The lowest BCUT2D eigenvalue weighted by atomic mass is 10.1. The zero-order chi connectivity index (χ0) is 18.7. The van der Waals surface area contributed by atoms with Crippen LogP contribution in [-0.2, 0) is 23.0 Å². The molecule has 0 radical (unpaired) electrons. The van der Waals surface area contributed by atoms with Crippen molar-refractivity contribution < 1.29 is 14.3 Å². The second kappa shape index (κ2) is 7.60. The average molecular weight is 352 g/mol. The molecule has 2 aromatic heterocycles. The van der Waals surface area contributed by atoms with Gasteiger partial charge in [-0.25, -0.2) is 0 Å². The Morgan fingerprint density at radius 1 is 1.19 bits per heavy atom. The van der Waals surface area contributed by atoms with Crippen LogP contribution in [0.4, 0.5) is 0 Å². The lowest BCUT2D eigenvalue weighted by Gasteiger charge is -2.05. The number of rotatable bonds is 7. The average Bonchev–Trinajstić information content (AvgIpc) is 3.16. The zero-order valence-corrected chi connectivity index (χ0v) is 15.5. The summed E-state index contributed by atoms with van der Waals surface area (Å²) in [6, 6.07) is 9.94. The Hall–Kier alpha value is -2.82. The highest BCUT2D eigenvalue weighted by molar-refractivity contribution is 5.99. The number of benzene rings is 1. The third kappa shape index (κ3) is 3.72. The molecule has 2 heterocycles. The van der Waals surface area contributed by atoms with Crippen LogP contribution in [-0.4, -0.2) is 27.9 Å². The van der Waals surface area contributed by atoms with Crippen molar-refractivity contribution in [2.45, 2.75) is 33.1 Å². The Bertz CT molecular complexity index is 949. The summed E-state index contributed by atoms with van der Waals surface area (Å²) in [7, 11) is 1.91. The van der Waals surface area contributed by atoms with Crippen molar-refractivity contribution in [2.24, 2.45) is 7.05 Å². The number of Topliss-reactive ketones (excluding diaryl/α,β-unsaturated/α-hetero) is 1. The first-order valence-electron chi connectivity index (χ1n) is 8.84. The van der Waals surface area contributed by atoms with Crippen molar-refractivity contribution in [3.63, 3.8) is 0 Å². The van der Waals surface area contributed by atoms with Crippen LogP contribution >= 0.6 is 0 Å². The maximum absolute atomic E-state index is 12.2. The summed E-state index contributed by atoms with van der Waals surface area (Å²) in [5.74, 6) is -0.486. The molecular weight excluding hydrogens is 328 g/mol. The van der Waals surface area contributed by atoms with E-state index in [0.29, 0.717) is 18.4 Å². The topological polar surface area (TPSA) is 64.1 Å². The molecular formula is C21H24N2O3. The standard InChI is InChI=1S/C21H24N2O3/c1-14-11-18(15(2)23(14)3)20(24)13-26-21(25)10-6-7-16-12-22-19-9-5-4-8-17(16)19/h4-5,8-9,11-12,22H,6-7,10,13H2,1-3H3. The Kier molecular flexibility index (Phi) is 5.26. The molecule has 0 aliphatic heterocycles. The number of carbonyl (C=O) groups is 2. The molecule has 0 aliphatic carbocycles. The monoisotopic (exact) mass is 352 g/mol. The van der Waals surface area contributed by atoms with Crippen LogP contribution in [0, 0.1) is 13.8 Å². The number of nitrogens with one attached hydrogen (secondary N) is 1. The first-order valence-corrected chi connectivity index (χ1v) is 8.84. The molecule has 0 unspecified atom stereocenters. The van der Waals surface area contributed by atoms with E-state index >= 15 is 0 Å². The molecule has 5 nitrogen and oxygen atoms in total. The number of hydrogen-bond acceptors (Lipinski definition) is 3. The molecule has 3 aromatic rings. The Morgan fingerprint density at radius 3 is 2.69 bits per heavy atom. The minimum Gasteiger partial charge on any atom is -0.457 e. The molecule has 136 valence electrons. The van der Waals surface area contributed by atoms with Gasteiger partial charge in [0, 0.05) is 47.5 Å². The van der Waals surface area contributed by atoms with Gasteiger partial charge in [-0.05, 0) is 44.4 Å². The smallest absolute Gasteiger partial charge is 0.306 e. The third-order valence-electron chi connectivity index (χ3n) is 4.94. The van der Waals surface area contributed by atoms with E-state index in [4.69, 9.17) is 4.74 Å². The molecule has 0 amide bonds. The fraction of sp³-hybridized carbons (Fsp3) is 0.333. The number of carbonyl (C=O) groups excluding carboxylic acids is 2. The maximum atomic E-state index is 12.2. The van der Waals surface area contributed by atoms with E-state index in [1.54, 1.807) is 0 Å². The van der Waals surface area contributed by atoms with E-state index in [1.807, 2.05) is 55.9 Å². The molecule has 0 spiro atoms. The number of esters is 1. The molecule has 0 bridgehead atoms. The first-order chi connectivity index (χ1) is 12.5. The molecule has 0 saturated carbocycles. The van der Waals surface area contributed by atoms with Crippen LogP contribution < -0.4 is 0 Å². The van der Waals surface area contributed by atoms with Crippen molar-refractivity contribution in [1.29, 1.82) is 0 Å². The summed E-state index contributed by atoms with van der Waals surface area (Å²) >= 11 is 0. The fourth-order valence-electron chi connectivity index (χ4n) is 3.20. The lowest BCUT2D eigenvalue weighted by molar-refractivity contribution is -0.142. The van der Waals surface area contributed by atoms with Gasteiger partial charge in [0.25, 0.3) is 0 Å². The predicted molar refractivity (Wildman–Crippen MR) is 101 cm³/mol. The normalized spacial score (nSPS) is 11.0. The van der Waals surface area contributed by atoms with Crippen molar-refractivity contribution in [3.8, 4) is 0 Å². The van der Waals surface area contributed by atoms with Gasteiger partial charge in [-0.2, -0.15) is 0 Å². The van der Waals surface area contributed by atoms with Gasteiger partial charge >= 0.3 is 5.97 Å². The van der Waals surface area contributed by atoms with Gasteiger partial charge in [0.15, 0.2) is 6.61 Å². The lowest BCUT2D eigenvalue weighted by Crippen LogP contribution is -2.14. The number of aromatic nitrogens is 2. The predicted octanol–water partition coefficient (Wildman–Crippen LogP) is 3.87. The van der Waals surface area contributed by atoms with Crippen LogP contribution in [0.15, 0.2) is 36.5 Å². The number of hydrogen-bond donors (Lipinski definition) is 1. The van der Waals surface area contributed by atoms with Gasteiger partial charge < -0.3 is 14.3 Å². The molecule has 5 heteroatoms.